The Bertz CT molecular complexity index is 735. The number of methoxy groups -OCH3 is 2. The van der Waals surface area contributed by atoms with Crippen molar-refractivity contribution in [3.8, 4) is 11.9 Å². The molecule has 0 aliphatic carbocycles. The Morgan fingerprint density at radius 2 is 2.04 bits per heavy atom. The minimum atomic E-state index is 0.244. The van der Waals surface area contributed by atoms with Gasteiger partial charge in [-0.15, -0.1) is 0 Å². The number of benzene rings is 1. The molecule has 128 valence electrons. The summed E-state index contributed by atoms with van der Waals surface area (Å²) in [5.41, 5.74) is 3.41. The van der Waals surface area contributed by atoms with Crippen LogP contribution < -0.4 is 14.8 Å². The van der Waals surface area contributed by atoms with Gasteiger partial charge in [0, 0.05) is 23.3 Å². The van der Waals surface area contributed by atoms with Crippen LogP contribution in [0.2, 0.25) is 5.02 Å². The molecule has 7 heteroatoms. The molecule has 0 saturated carbocycles. The van der Waals surface area contributed by atoms with Crippen LogP contribution in [0.3, 0.4) is 0 Å². The molecule has 0 saturated heterocycles. The fourth-order valence-corrected chi connectivity index (χ4v) is 2.38. The number of rotatable bonds is 7. The number of aryl methyl sites for hydroxylation is 1. The van der Waals surface area contributed by atoms with Gasteiger partial charge in [0.2, 0.25) is 5.88 Å². The molecule has 1 N–H and O–H groups in total. The predicted octanol–water partition coefficient (Wildman–Crippen LogP) is 2.51. The number of aliphatic imine (C=N–C) groups is 1. The van der Waals surface area contributed by atoms with Crippen molar-refractivity contribution in [1.29, 1.82) is 0 Å². The first-order valence-corrected chi connectivity index (χ1v) is 7.89. The molecule has 0 unspecified atom stereocenters. The molecule has 2 rings (SSSR count). The monoisotopic (exact) mass is 348 g/mol. The lowest BCUT2D eigenvalue weighted by molar-refractivity contribution is 0.351. The third-order valence-corrected chi connectivity index (χ3v) is 3.68. The molecule has 0 aliphatic rings. The molecule has 24 heavy (non-hydrogen) atoms. The Labute approximate surface area is 146 Å². The van der Waals surface area contributed by atoms with Crippen LogP contribution in [0.5, 0.6) is 11.9 Å². The summed E-state index contributed by atoms with van der Waals surface area (Å²) >= 11 is 6.18. The van der Waals surface area contributed by atoms with E-state index in [2.05, 4.69) is 15.3 Å². The van der Waals surface area contributed by atoms with Gasteiger partial charge in [0.15, 0.2) is 0 Å². The van der Waals surface area contributed by atoms with Gasteiger partial charge in [-0.3, -0.25) is 4.99 Å². The third kappa shape index (κ3) is 4.21. The van der Waals surface area contributed by atoms with Gasteiger partial charge >= 0.3 is 6.01 Å². The molecule has 0 atom stereocenters. The van der Waals surface area contributed by atoms with Crippen LogP contribution in [0.15, 0.2) is 29.4 Å². The largest absolute Gasteiger partial charge is 0.480 e. The van der Waals surface area contributed by atoms with Gasteiger partial charge in [0.05, 0.1) is 32.0 Å². The van der Waals surface area contributed by atoms with Crippen LogP contribution in [0.25, 0.3) is 0 Å². The molecule has 6 nitrogen and oxygen atoms in total. The maximum Gasteiger partial charge on any atom is 0.319 e. The second-order valence-corrected chi connectivity index (χ2v) is 5.51. The number of ether oxygens (including phenoxy) is 2. The first kappa shape index (κ1) is 18.2. The summed E-state index contributed by atoms with van der Waals surface area (Å²) in [5.74, 6) is 0.407. The van der Waals surface area contributed by atoms with Gasteiger partial charge in [0.25, 0.3) is 0 Å². The van der Waals surface area contributed by atoms with Crippen molar-refractivity contribution in [3.63, 3.8) is 0 Å². The van der Waals surface area contributed by atoms with E-state index in [1.165, 1.54) is 7.11 Å². The molecule has 0 fully saturated rings. The van der Waals surface area contributed by atoms with E-state index in [0.29, 0.717) is 23.0 Å². The standard InChI is InChI=1S/C17H21ClN4O2/c1-11-5-6-12(18)9-13(11)15(20-8-7-19-2)14-10-21-17(24-4)22-16(14)23-3/h5-6,9-10,19H,7-8H2,1-4H3. The highest BCUT2D eigenvalue weighted by molar-refractivity contribution is 6.31. The second-order valence-electron chi connectivity index (χ2n) is 5.07. The zero-order chi connectivity index (χ0) is 17.5. The van der Waals surface area contributed by atoms with E-state index in [0.717, 1.165) is 23.4 Å². The molecule has 2 aromatic rings. The molecular weight excluding hydrogens is 328 g/mol. The first-order chi connectivity index (χ1) is 11.6. The minimum absolute atomic E-state index is 0.244. The Kier molecular flexibility index (Phi) is 6.52. The van der Waals surface area contributed by atoms with E-state index in [-0.39, 0.29) is 6.01 Å². The Morgan fingerprint density at radius 3 is 2.71 bits per heavy atom. The second kappa shape index (κ2) is 8.61. The molecule has 1 aromatic heterocycles. The van der Waals surface area contributed by atoms with Gasteiger partial charge < -0.3 is 14.8 Å². The van der Waals surface area contributed by atoms with Crippen molar-refractivity contribution in [2.75, 3.05) is 34.4 Å². The number of hydrogen-bond acceptors (Lipinski definition) is 6. The lowest BCUT2D eigenvalue weighted by atomic mass is 9.99. The van der Waals surface area contributed by atoms with Crippen LogP contribution in [0, 0.1) is 6.92 Å². The van der Waals surface area contributed by atoms with E-state index in [4.69, 9.17) is 26.1 Å². The topological polar surface area (TPSA) is 68.6 Å². The zero-order valence-corrected chi connectivity index (χ0v) is 15.0. The van der Waals surface area contributed by atoms with Gasteiger partial charge in [-0.2, -0.15) is 4.98 Å². The zero-order valence-electron chi connectivity index (χ0n) is 14.3. The molecule has 0 spiro atoms. The van der Waals surface area contributed by atoms with Crippen molar-refractivity contribution in [2.45, 2.75) is 6.92 Å². The Balaban J connectivity index is 2.59. The average Bonchev–Trinajstić information content (AvgIpc) is 2.61. The molecule has 0 amide bonds. The number of aromatic nitrogens is 2. The molecule has 0 bridgehead atoms. The lowest BCUT2D eigenvalue weighted by Crippen LogP contribution is -2.15. The van der Waals surface area contributed by atoms with E-state index >= 15 is 0 Å². The van der Waals surface area contributed by atoms with Crippen LogP contribution in [-0.2, 0) is 0 Å². The highest BCUT2D eigenvalue weighted by Gasteiger charge is 2.18. The molecule has 0 aliphatic heterocycles. The number of nitrogens with one attached hydrogen (secondary N) is 1. The van der Waals surface area contributed by atoms with E-state index in [1.807, 2.05) is 32.2 Å². The SMILES string of the molecule is CNCCN=C(c1cc(Cl)ccc1C)c1cnc(OC)nc1OC. The normalized spacial score (nSPS) is 11.5. The summed E-state index contributed by atoms with van der Waals surface area (Å²) < 4.78 is 10.5. The summed E-state index contributed by atoms with van der Waals surface area (Å²) in [6.45, 7) is 3.37. The number of nitrogens with zero attached hydrogens (tertiary/aromatic N) is 3. The highest BCUT2D eigenvalue weighted by Crippen LogP contribution is 2.25. The first-order valence-electron chi connectivity index (χ1n) is 7.51. The molecule has 0 radical (unpaired) electrons. The van der Waals surface area contributed by atoms with Gasteiger partial charge in [0.1, 0.15) is 0 Å². The van der Waals surface area contributed by atoms with Crippen LogP contribution in [-0.4, -0.2) is 50.0 Å². The average molecular weight is 349 g/mol. The van der Waals surface area contributed by atoms with Gasteiger partial charge in [-0.25, -0.2) is 4.98 Å². The van der Waals surface area contributed by atoms with Gasteiger partial charge in [-0.05, 0) is 31.7 Å². The van der Waals surface area contributed by atoms with Crippen LogP contribution in [0.4, 0.5) is 0 Å². The van der Waals surface area contributed by atoms with Crippen molar-refractivity contribution in [3.05, 3.63) is 46.1 Å². The fraction of sp³-hybridized carbons (Fsp3) is 0.353. The van der Waals surface area contributed by atoms with Crippen molar-refractivity contribution in [2.24, 2.45) is 4.99 Å². The van der Waals surface area contributed by atoms with Crippen molar-refractivity contribution >= 4 is 17.3 Å². The Morgan fingerprint density at radius 1 is 1.25 bits per heavy atom. The summed E-state index contributed by atoms with van der Waals surface area (Å²) in [4.78, 5) is 13.2. The highest BCUT2D eigenvalue weighted by atomic mass is 35.5. The van der Waals surface area contributed by atoms with E-state index in [9.17, 15) is 0 Å². The lowest BCUT2D eigenvalue weighted by Gasteiger charge is -2.14. The van der Waals surface area contributed by atoms with E-state index < -0.39 is 0 Å². The summed E-state index contributed by atoms with van der Waals surface area (Å²) in [6, 6.07) is 5.95. The third-order valence-electron chi connectivity index (χ3n) is 3.45. The molecule has 1 heterocycles. The summed E-state index contributed by atoms with van der Waals surface area (Å²) in [7, 11) is 4.95. The smallest absolute Gasteiger partial charge is 0.319 e. The fourth-order valence-electron chi connectivity index (χ4n) is 2.21. The van der Waals surface area contributed by atoms with Crippen LogP contribution >= 0.6 is 11.6 Å². The molecule has 1 aromatic carbocycles. The molecular formula is C17H21ClN4O2. The number of halogens is 1. The van der Waals surface area contributed by atoms with Gasteiger partial charge in [-0.1, -0.05) is 17.7 Å². The van der Waals surface area contributed by atoms with Crippen molar-refractivity contribution < 1.29 is 9.47 Å². The summed E-state index contributed by atoms with van der Waals surface area (Å²) in [5, 5.41) is 3.73. The number of likely N-dealkylation sites (N-methyl/N-ethyl adjacent to an activating group) is 1. The number of hydrogen-bond donors (Lipinski definition) is 1. The van der Waals surface area contributed by atoms with Crippen LogP contribution in [0.1, 0.15) is 16.7 Å². The minimum Gasteiger partial charge on any atom is -0.480 e. The van der Waals surface area contributed by atoms with E-state index in [1.54, 1.807) is 13.3 Å². The Hall–Kier alpha value is -2.18. The maximum absolute atomic E-state index is 6.18. The van der Waals surface area contributed by atoms with Crippen molar-refractivity contribution in [1.82, 2.24) is 15.3 Å². The maximum atomic E-state index is 6.18. The summed E-state index contributed by atoms with van der Waals surface area (Å²) in [6.07, 6.45) is 1.66. The predicted molar refractivity (Wildman–Crippen MR) is 95.8 cm³/mol. The quantitative estimate of drug-likeness (QED) is 0.615.